The topological polar surface area (TPSA) is 142 Å². The number of hydrogen-bond donors (Lipinski definition) is 2. The average Bonchev–Trinajstić information content (AvgIpc) is 3.44. The van der Waals surface area contributed by atoms with E-state index in [9.17, 15) is 22.8 Å². The van der Waals surface area contributed by atoms with Gasteiger partial charge >= 0.3 is 12.1 Å². The van der Waals surface area contributed by atoms with E-state index >= 15 is 0 Å². The number of benzene rings is 2. The lowest BCUT2D eigenvalue weighted by Gasteiger charge is -2.37. The molecule has 0 saturated carbocycles. The first-order chi connectivity index (χ1) is 18.5. The molecular weight excluding hydrogens is 546 g/mol. The summed E-state index contributed by atoms with van der Waals surface area (Å²) in [5, 5.41) is 13.3. The van der Waals surface area contributed by atoms with E-state index < -0.39 is 33.5 Å². The molecule has 1 unspecified atom stereocenters. The average molecular weight is 574 g/mol. The van der Waals surface area contributed by atoms with Gasteiger partial charge in [0.2, 0.25) is 5.91 Å². The van der Waals surface area contributed by atoms with Crippen molar-refractivity contribution in [2.24, 2.45) is 5.92 Å². The van der Waals surface area contributed by atoms with Gasteiger partial charge in [0.15, 0.2) is 9.84 Å². The van der Waals surface area contributed by atoms with E-state index in [1.807, 2.05) is 0 Å². The number of likely N-dealkylation sites (tertiary alicyclic amines) is 1. The Morgan fingerprint density at radius 1 is 1.15 bits per heavy atom. The molecule has 3 heterocycles. The highest BCUT2D eigenvalue weighted by molar-refractivity contribution is 7.91. The van der Waals surface area contributed by atoms with Crippen LogP contribution in [0.3, 0.4) is 0 Å². The van der Waals surface area contributed by atoms with Crippen LogP contribution in [-0.4, -0.2) is 82.3 Å². The molecule has 2 aliphatic heterocycles. The van der Waals surface area contributed by atoms with Gasteiger partial charge in [-0.05, 0) is 54.8 Å². The van der Waals surface area contributed by atoms with Crippen LogP contribution in [0, 0.1) is 12.8 Å². The highest BCUT2D eigenvalue weighted by atomic mass is 35.5. The van der Waals surface area contributed by atoms with Crippen LogP contribution in [0.1, 0.15) is 24.4 Å². The Kier molecular flexibility index (Phi) is 7.25. The van der Waals surface area contributed by atoms with Crippen LogP contribution in [-0.2, 0) is 21.2 Å². The van der Waals surface area contributed by atoms with E-state index in [-0.39, 0.29) is 23.5 Å². The molecule has 3 amide bonds. The van der Waals surface area contributed by atoms with Crippen LogP contribution in [0.4, 0.5) is 9.59 Å². The van der Waals surface area contributed by atoms with Crippen molar-refractivity contribution in [3.8, 4) is 0 Å². The van der Waals surface area contributed by atoms with Gasteiger partial charge in [0.1, 0.15) is 5.82 Å². The number of amides is 3. The Hall–Kier alpha value is -3.64. The standard InChI is InChI=1S/C26H28ClN5O6S/c1-16-28-13-22-14-31(26(36)32(16)22)21-6-8-30(9-7-21)24(33)19(12-29-25(34)35)15-39(37,38)23-5-3-17-10-20(27)4-2-18(17)11-23/h2-5,10-11,13,19,21,29H,6-9,12,14-15H2,1H3,(H,34,35). The fourth-order valence-corrected chi connectivity index (χ4v) is 7.10. The van der Waals surface area contributed by atoms with Gasteiger partial charge in [-0.25, -0.2) is 23.0 Å². The van der Waals surface area contributed by atoms with Crippen molar-refractivity contribution >= 4 is 50.2 Å². The van der Waals surface area contributed by atoms with Gasteiger partial charge in [0.25, 0.3) is 0 Å². The van der Waals surface area contributed by atoms with Crippen LogP contribution in [0.2, 0.25) is 5.02 Å². The molecule has 0 bridgehead atoms. The van der Waals surface area contributed by atoms with E-state index in [0.717, 1.165) is 11.1 Å². The number of halogens is 1. The Labute approximate surface area is 230 Å². The second-order valence-electron chi connectivity index (χ2n) is 9.92. The van der Waals surface area contributed by atoms with Gasteiger partial charge in [0, 0.05) is 30.7 Å². The number of nitrogens with zero attached hydrogens (tertiary/aromatic N) is 4. The summed E-state index contributed by atoms with van der Waals surface area (Å²) >= 11 is 6.02. The highest BCUT2D eigenvalue weighted by Gasteiger charge is 2.38. The summed E-state index contributed by atoms with van der Waals surface area (Å²) < 4.78 is 28.3. The predicted octanol–water partition coefficient (Wildman–Crippen LogP) is 3.13. The second kappa shape index (κ2) is 10.5. The summed E-state index contributed by atoms with van der Waals surface area (Å²) in [6.07, 6.45) is 1.42. The SMILES string of the molecule is Cc1ncc2n1C(=O)N(C1CCN(C(=O)C(CNC(=O)O)CS(=O)(=O)c3ccc4cc(Cl)ccc4c3)CC1)C2. The highest BCUT2D eigenvalue weighted by Crippen LogP contribution is 2.28. The summed E-state index contributed by atoms with van der Waals surface area (Å²) in [5.41, 5.74) is 0.831. The molecule has 2 aliphatic rings. The maximum atomic E-state index is 13.5. The molecule has 0 spiro atoms. The maximum absolute atomic E-state index is 13.5. The zero-order valence-electron chi connectivity index (χ0n) is 21.2. The molecule has 39 heavy (non-hydrogen) atoms. The summed E-state index contributed by atoms with van der Waals surface area (Å²) in [7, 11) is -3.93. The molecule has 3 aromatic rings. The number of fused-ring (bicyclic) bond motifs is 2. The van der Waals surface area contributed by atoms with Gasteiger partial charge in [-0.3, -0.25) is 9.36 Å². The van der Waals surface area contributed by atoms with Gasteiger partial charge in [-0.15, -0.1) is 0 Å². The van der Waals surface area contributed by atoms with E-state index in [1.54, 1.807) is 51.8 Å². The summed E-state index contributed by atoms with van der Waals surface area (Å²) in [6, 6.07) is 9.56. The maximum Gasteiger partial charge on any atom is 0.404 e. The number of piperidine rings is 1. The minimum atomic E-state index is -3.93. The van der Waals surface area contributed by atoms with Gasteiger partial charge in [0.05, 0.1) is 35.0 Å². The van der Waals surface area contributed by atoms with Crippen LogP contribution < -0.4 is 5.32 Å². The van der Waals surface area contributed by atoms with Crippen LogP contribution in [0.25, 0.3) is 10.8 Å². The van der Waals surface area contributed by atoms with Crippen molar-refractivity contribution in [1.29, 1.82) is 0 Å². The minimum absolute atomic E-state index is 0.0467. The molecule has 2 N–H and O–H groups in total. The smallest absolute Gasteiger partial charge is 0.404 e. The van der Waals surface area contributed by atoms with Crippen molar-refractivity contribution in [3.05, 3.63) is 59.1 Å². The first-order valence-corrected chi connectivity index (χ1v) is 14.6. The number of carboxylic acid groups (broad SMARTS) is 1. The fourth-order valence-electron chi connectivity index (χ4n) is 5.35. The largest absolute Gasteiger partial charge is 0.465 e. The zero-order chi connectivity index (χ0) is 27.9. The normalized spacial score (nSPS) is 16.9. The molecule has 1 fully saturated rings. The first kappa shape index (κ1) is 26.9. The second-order valence-corrected chi connectivity index (χ2v) is 12.4. The molecule has 0 radical (unpaired) electrons. The third kappa shape index (κ3) is 5.44. The zero-order valence-corrected chi connectivity index (χ0v) is 22.8. The van der Waals surface area contributed by atoms with Crippen molar-refractivity contribution in [1.82, 2.24) is 24.7 Å². The number of carbonyl (C=O) groups is 3. The molecule has 1 aromatic heterocycles. The van der Waals surface area contributed by atoms with Crippen molar-refractivity contribution in [2.45, 2.75) is 37.2 Å². The molecule has 2 aromatic carbocycles. The van der Waals surface area contributed by atoms with E-state index in [0.29, 0.717) is 48.7 Å². The van der Waals surface area contributed by atoms with Crippen LogP contribution in [0.5, 0.6) is 0 Å². The Morgan fingerprint density at radius 3 is 2.54 bits per heavy atom. The summed E-state index contributed by atoms with van der Waals surface area (Å²) in [5.74, 6) is -1.45. The summed E-state index contributed by atoms with van der Waals surface area (Å²) in [6.45, 7) is 2.57. The molecule has 5 rings (SSSR count). The lowest BCUT2D eigenvalue weighted by molar-refractivity contribution is -0.136. The number of hydrogen-bond acceptors (Lipinski definition) is 6. The van der Waals surface area contributed by atoms with Gasteiger partial charge in [-0.1, -0.05) is 23.7 Å². The van der Waals surface area contributed by atoms with Crippen LogP contribution in [0.15, 0.2) is 47.5 Å². The predicted molar refractivity (Wildman–Crippen MR) is 143 cm³/mol. The molecule has 1 atom stereocenters. The number of sulfone groups is 1. The Bertz CT molecular complexity index is 1560. The van der Waals surface area contributed by atoms with Gasteiger partial charge < -0.3 is 20.2 Å². The third-order valence-corrected chi connectivity index (χ3v) is 9.45. The quantitative estimate of drug-likeness (QED) is 0.442. The fraction of sp³-hybridized carbons (Fsp3) is 0.385. The molecule has 1 saturated heterocycles. The molecule has 0 aliphatic carbocycles. The van der Waals surface area contributed by atoms with Crippen LogP contribution >= 0.6 is 11.6 Å². The molecule has 206 valence electrons. The molecular formula is C26H28ClN5O6S. The Balaban J connectivity index is 1.28. The van der Waals surface area contributed by atoms with Crippen molar-refractivity contribution in [3.63, 3.8) is 0 Å². The van der Waals surface area contributed by atoms with Crippen molar-refractivity contribution < 1.29 is 27.9 Å². The number of rotatable bonds is 7. The number of aryl methyl sites for hydroxylation is 1. The first-order valence-electron chi connectivity index (χ1n) is 12.6. The lowest BCUT2D eigenvalue weighted by Crippen LogP contribution is -2.50. The van der Waals surface area contributed by atoms with Gasteiger partial charge in [-0.2, -0.15) is 0 Å². The number of carbonyl (C=O) groups excluding carboxylic acids is 2. The number of nitrogens with one attached hydrogen (secondary N) is 1. The third-order valence-electron chi connectivity index (χ3n) is 7.40. The number of imidazole rings is 1. The number of aromatic nitrogens is 2. The monoisotopic (exact) mass is 573 g/mol. The molecule has 13 heteroatoms. The molecule has 11 nitrogen and oxygen atoms in total. The Morgan fingerprint density at radius 2 is 1.85 bits per heavy atom. The minimum Gasteiger partial charge on any atom is -0.465 e. The van der Waals surface area contributed by atoms with E-state index in [4.69, 9.17) is 16.7 Å². The summed E-state index contributed by atoms with van der Waals surface area (Å²) in [4.78, 5) is 45.1. The van der Waals surface area contributed by atoms with E-state index in [2.05, 4.69) is 10.3 Å². The lowest BCUT2D eigenvalue weighted by atomic mass is 10.0. The van der Waals surface area contributed by atoms with E-state index in [1.165, 1.54) is 12.1 Å². The van der Waals surface area contributed by atoms with Crippen molar-refractivity contribution in [2.75, 3.05) is 25.4 Å².